The molecule has 4 nitrogen and oxygen atoms in total. The van der Waals surface area contributed by atoms with Crippen LogP contribution in [-0.4, -0.2) is 18.1 Å². The van der Waals surface area contributed by atoms with E-state index in [4.69, 9.17) is 16.0 Å². The Balaban J connectivity index is 1.97. The standard InChI is InChI=1S/C17H18ClN3O/c1-11-6-12(2)10-21(9-11)17-15(8-19)20-16(22-17)13-4-3-5-14(18)7-13/h3-5,7,11-12H,6,9-10H2,1-2H3/t11-,12-/m0/s1. The lowest BCUT2D eigenvalue weighted by Gasteiger charge is -2.34. The lowest BCUT2D eigenvalue weighted by molar-refractivity contribution is 0.344. The SMILES string of the molecule is C[C@H]1C[C@H](C)CN(c2oc(-c3cccc(Cl)c3)nc2C#N)C1. The van der Waals surface area contributed by atoms with Gasteiger partial charge in [0.25, 0.3) is 0 Å². The van der Waals surface area contributed by atoms with E-state index in [2.05, 4.69) is 29.8 Å². The van der Waals surface area contributed by atoms with Crippen molar-refractivity contribution in [2.45, 2.75) is 20.3 Å². The molecule has 114 valence electrons. The zero-order valence-corrected chi connectivity index (χ0v) is 13.5. The number of rotatable bonds is 2. The molecule has 1 aliphatic heterocycles. The van der Waals surface area contributed by atoms with E-state index in [1.54, 1.807) is 12.1 Å². The van der Waals surface area contributed by atoms with Crippen LogP contribution in [0.4, 0.5) is 5.88 Å². The number of oxazole rings is 1. The van der Waals surface area contributed by atoms with Crippen LogP contribution >= 0.6 is 11.6 Å². The highest BCUT2D eigenvalue weighted by atomic mass is 35.5. The Labute approximate surface area is 135 Å². The normalized spacial score (nSPS) is 21.6. The second kappa shape index (κ2) is 6.02. The molecule has 0 radical (unpaired) electrons. The van der Waals surface area contributed by atoms with E-state index in [1.807, 2.05) is 12.1 Å². The molecule has 2 atom stereocenters. The summed E-state index contributed by atoms with van der Waals surface area (Å²) in [4.78, 5) is 6.47. The second-order valence-corrected chi connectivity index (χ2v) is 6.58. The number of piperidine rings is 1. The number of hydrogen-bond acceptors (Lipinski definition) is 4. The summed E-state index contributed by atoms with van der Waals surface area (Å²) in [5, 5.41) is 9.99. The molecule has 5 heteroatoms. The number of nitriles is 1. The third kappa shape index (κ3) is 2.95. The van der Waals surface area contributed by atoms with Crippen molar-refractivity contribution in [3.8, 4) is 17.5 Å². The second-order valence-electron chi connectivity index (χ2n) is 6.15. The Morgan fingerprint density at radius 3 is 2.68 bits per heavy atom. The number of nitrogens with zero attached hydrogens (tertiary/aromatic N) is 3. The molecule has 3 rings (SSSR count). The largest absolute Gasteiger partial charge is 0.419 e. The van der Waals surface area contributed by atoms with Crippen LogP contribution in [0.1, 0.15) is 26.0 Å². The first-order valence-electron chi connectivity index (χ1n) is 7.48. The van der Waals surface area contributed by atoms with Gasteiger partial charge < -0.3 is 9.32 Å². The fourth-order valence-electron chi connectivity index (χ4n) is 3.17. The van der Waals surface area contributed by atoms with Crippen LogP contribution in [0.3, 0.4) is 0 Å². The van der Waals surface area contributed by atoms with Gasteiger partial charge in [0.1, 0.15) is 6.07 Å². The minimum Gasteiger partial charge on any atom is -0.419 e. The first-order chi connectivity index (χ1) is 10.6. The van der Waals surface area contributed by atoms with E-state index >= 15 is 0 Å². The summed E-state index contributed by atoms with van der Waals surface area (Å²) in [6.45, 7) is 6.23. The highest BCUT2D eigenvalue weighted by Crippen LogP contribution is 2.33. The Morgan fingerprint density at radius 1 is 1.32 bits per heavy atom. The van der Waals surface area contributed by atoms with Crippen molar-refractivity contribution in [1.82, 2.24) is 4.98 Å². The molecule has 0 amide bonds. The summed E-state index contributed by atoms with van der Waals surface area (Å²) in [7, 11) is 0. The number of halogens is 1. The van der Waals surface area contributed by atoms with Crippen molar-refractivity contribution in [3.05, 3.63) is 35.0 Å². The zero-order chi connectivity index (χ0) is 15.7. The Kier molecular flexibility index (Phi) is 4.08. The molecule has 0 bridgehead atoms. The number of anilines is 1. The van der Waals surface area contributed by atoms with E-state index in [-0.39, 0.29) is 0 Å². The van der Waals surface area contributed by atoms with E-state index in [0.29, 0.717) is 34.3 Å². The summed E-state index contributed by atoms with van der Waals surface area (Å²) in [6, 6.07) is 9.46. The van der Waals surface area contributed by atoms with Gasteiger partial charge in [-0.25, -0.2) is 0 Å². The van der Waals surface area contributed by atoms with Crippen LogP contribution in [-0.2, 0) is 0 Å². The number of aromatic nitrogens is 1. The van der Waals surface area contributed by atoms with Gasteiger partial charge in [-0.2, -0.15) is 10.2 Å². The van der Waals surface area contributed by atoms with Gasteiger partial charge in [-0.3, -0.25) is 0 Å². The first kappa shape index (κ1) is 14.9. The molecule has 22 heavy (non-hydrogen) atoms. The quantitative estimate of drug-likeness (QED) is 0.826. The zero-order valence-electron chi connectivity index (χ0n) is 12.7. The van der Waals surface area contributed by atoms with Crippen molar-refractivity contribution in [2.75, 3.05) is 18.0 Å². The van der Waals surface area contributed by atoms with Gasteiger partial charge in [0.15, 0.2) is 0 Å². The molecule has 0 unspecified atom stereocenters. The van der Waals surface area contributed by atoms with Crippen LogP contribution < -0.4 is 4.90 Å². The maximum absolute atomic E-state index is 9.37. The predicted octanol–water partition coefficient (Wildman–Crippen LogP) is 4.35. The minimum absolute atomic E-state index is 0.344. The van der Waals surface area contributed by atoms with Crippen molar-refractivity contribution in [1.29, 1.82) is 5.26 Å². The maximum Gasteiger partial charge on any atom is 0.235 e. The smallest absolute Gasteiger partial charge is 0.235 e. The van der Waals surface area contributed by atoms with Gasteiger partial charge in [0.2, 0.25) is 17.5 Å². The summed E-state index contributed by atoms with van der Waals surface area (Å²) in [5.41, 5.74) is 1.13. The monoisotopic (exact) mass is 315 g/mol. The summed E-state index contributed by atoms with van der Waals surface area (Å²) in [5.74, 6) is 2.18. The van der Waals surface area contributed by atoms with Crippen molar-refractivity contribution < 1.29 is 4.42 Å². The third-order valence-electron chi connectivity index (χ3n) is 3.94. The topological polar surface area (TPSA) is 53.1 Å². The Bertz CT molecular complexity index is 709. The lowest BCUT2D eigenvalue weighted by Crippen LogP contribution is -2.38. The van der Waals surface area contributed by atoms with Crippen LogP contribution in [0.15, 0.2) is 28.7 Å². The molecule has 0 saturated carbocycles. The van der Waals surface area contributed by atoms with Gasteiger partial charge in [-0.05, 0) is 36.5 Å². The first-order valence-corrected chi connectivity index (χ1v) is 7.86. The van der Waals surface area contributed by atoms with Crippen molar-refractivity contribution >= 4 is 17.5 Å². The number of hydrogen-bond donors (Lipinski definition) is 0. The third-order valence-corrected chi connectivity index (χ3v) is 4.18. The van der Waals surface area contributed by atoms with E-state index in [1.165, 1.54) is 6.42 Å². The fourth-order valence-corrected chi connectivity index (χ4v) is 3.36. The molecule has 1 aromatic carbocycles. The maximum atomic E-state index is 9.37. The number of benzene rings is 1. The summed E-state index contributed by atoms with van der Waals surface area (Å²) in [6.07, 6.45) is 1.20. The highest BCUT2D eigenvalue weighted by Gasteiger charge is 2.27. The van der Waals surface area contributed by atoms with E-state index in [9.17, 15) is 5.26 Å². The van der Waals surface area contributed by atoms with E-state index in [0.717, 1.165) is 18.7 Å². The Hall–Kier alpha value is -1.99. The fraction of sp³-hybridized carbons (Fsp3) is 0.412. The van der Waals surface area contributed by atoms with Gasteiger partial charge in [-0.15, -0.1) is 0 Å². The van der Waals surface area contributed by atoms with Gasteiger partial charge in [0.05, 0.1) is 0 Å². The average Bonchev–Trinajstić information content (AvgIpc) is 2.90. The van der Waals surface area contributed by atoms with Gasteiger partial charge >= 0.3 is 0 Å². The molecule has 2 heterocycles. The van der Waals surface area contributed by atoms with Crippen molar-refractivity contribution in [3.63, 3.8) is 0 Å². The van der Waals surface area contributed by atoms with Gasteiger partial charge in [-0.1, -0.05) is 31.5 Å². The minimum atomic E-state index is 0.344. The van der Waals surface area contributed by atoms with Crippen molar-refractivity contribution in [2.24, 2.45) is 11.8 Å². The van der Waals surface area contributed by atoms with Crippen LogP contribution in [0, 0.1) is 23.2 Å². The van der Waals surface area contributed by atoms with Crippen LogP contribution in [0.2, 0.25) is 5.02 Å². The summed E-state index contributed by atoms with van der Waals surface area (Å²) >= 11 is 6.02. The van der Waals surface area contributed by atoms with Crippen LogP contribution in [0.5, 0.6) is 0 Å². The molecule has 1 fully saturated rings. The average molecular weight is 316 g/mol. The molecule has 2 aromatic rings. The predicted molar refractivity (Wildman–Crippen MR) is 86.8 cm³/mol. The van der Waals surface area contributed by atoms with Gasteiger partial charge in [0, 0.05) is 23.7 Å². The van der Waals surface area contributed by atoms with Crippen LogP contribution in [0.25, 0.3) is 11.5 Å². The molecule has 0 N–H and O–H groups in total. The highest BCUT2D eigenvalue weighted by molar-refractivity contribution is 6.30. The molecule has 1 saturated heterocycles. The summed E-state index contributed by atoms with van der Waals surface area (Å²) < 4.78 is 5.92. The Morgan fingerprint density at radius 2 is 2.05 bits per heavy atom. The van der Waals surface area contributed by atoms with E-state index < -0.39 is 0 Å². The lowest BCUT2D eigenvalue weighted by atomic mass is 9.92. The molecule has 1 aliphatic rings. The molecule has 1 aromatic heterocycles. The molecular weight excluding hydrogens is 298 g/mol. The molecule has 0 spiro atoms. The molecular formula is C17H18ClN3O. The molecule has 0 aliphatic carbocycles.